The summed E-state index contributed by atoms with van der Waals surface area (Å²) < 4.78 is 0. The lowest BCUT2D eigenvalue weighted by atomic mass is 10.0. The van der Waals surface area contributed by atoms with Crippen LogP contribution in [0.3, 0.4) is 0 Å². The number of hydrogen-bond donors (Lipinski definition) is 1. The zero-order chi connectivity index (χ0) is 18.7. The molecule has 6 nitrogen and oxygen atoms in total. The maximum atomic E-state index is 12.6. The molecular formula is C19H23ClN2O4. The predicted molar refractivity (Wildman–Crippen MR) is 96.8 cm³/mol. The van der Waals surface area contributed by atoms with Crippen molar-refractivity contribution in [2.24, 2.45) is 11.8 Å². The Labute approximate surface area is 157 Å². The van der Waals surface area contributed by atoms with E-state index in [0.29, 0.717) is 50.5 Å². The van der Waals surface area contributed by atoms with Gasteiger partial charge in [0.25, 0.3) is 0 Å². The standard InChI is InChI=1S/C19H23ClN2O4/c20-16-4-2-1-3-13(16)12-17(23)21-7-9-22(10-8-21)18(24)14-5-6-15(11-14)19(25)26/h1-4,14-15H,5-12H2,(H,25,26)/t14-,15+/m0/s1. The molecule has 0 spiro atoms. The van der Waals surface area contributed by atoms with Gasteiger partial charge < -0.3 is 14.9 Å². The highest BCUT2D eigenvalue weighted by Crippen LogP contribution is 2.32. The lowest BCUT2D eigenvalue weighted by Crippen LogP contribution is -2.52. The van der Waals surface area contributed by atoms with Crippen molar-refractivity contribution in [1.29, 1.82) is 0 Å². The zero-order valence-electron chi connectivity index (χ0n) is 14.6. The summed E-state index contributed by atoms with van der Waals surface area (Å²) in [6.45, 7) is 2.01. The molecule has 0 radical (unpaired) electrons. The number of carboxylic acid groups (broad SMARTS) is 1. The smallest absolute Gasteiger partial charge is 0.306 e. The first-order valence-corrected chi connectivity index (χ1v) is 9.36. The minimum atomic E-state index is -0.810. The first kappa shape index (κ1) is 18.7. The average Bonchev–Trinajstić information content (AvgIpc) is 3.13. The third-order valence-corrected chi connectivity index (χ3v) is 5.74. The fourth-order valence-electron chi connectivity index (χ4n) is 3.78. The number of aliphatic carboxylic acids is 1. The Bertz CT molecular complexity index is 701. The molecule has 1 aliphatic heterocycles. The van der Waals surface area contributed by atoms with Gasteiger partial charge in [-0.1, -0.05) is 29.8 Å². The summed E-state index contributed by atoms with van der Waals surface area (Å²) >= 11 is 6.11. The number of halogens is 1. The topological polar surface area (TPSA) is 77.9 Å². The average molecular weight is 379 g/mol. The number of carbonyl (C=O) groups is 3. The highest BCUT2D eigenvalue weighted by Gasteiger charge is 2.36. The number of carboxylic acids is 1. The van der Waals surface area contributed by atoms with Gasteiger partial charge in [-0.15, -0.1) is 0 Å². The molecule has 2 atom stereocenters. The summed E-state index contributed by atoms with van der Waals surface area (Å²) in [5.41, 5.74) is 0.809. The van der Waals surface area contributed by atoms with Crippen LogP contribution in [0.5, 0.6) is 0 Å². The lowest BCUT2D eigenvalue weighted by Gasteiger charge is -2.36. The van der Waals surface area contributed by atoms with Gasteiger partial charge in [0.1, 0.15) is 0 Å². The molecule has 7 heteroatoms. The van der Waals surface area contributed by atoms with Crippen molar-refractivity contribution in [3.63, 3.8) is 0 Å². The summed E-state index contributed by atoms with van der Waals surface area (Å²) in [4.78, 5) is 39.7. The fraction of sp³-hybridized carbons (Fsp3) is 0.526. The molecule has 0 bridgehead atoms. The zero-order valence-corrected chi connectivity index (χ0v) is 15.3. The molecule has 0 aromatic heterocycles. The van der Waals surface area contributed by atoms with Gasteiger partial charge in [0, 0.05) is 37.1 Å². The van der Waals surface area contributed by atoms with Crippen LogP contribution in [0, 0.1) is 11.8 Å². The molecule has 0 unspecified atom stereocenters. The van der Waals surface area contributed by atoms with Crippen LogP contribution in [0.2, 0.25) is 5.02 Å². The Morgan fingerprint density at radius 3 is 2.23 bits per heavy atom. The Kier molecular flexibility index (Phi) is 5.81. The van der Waals surface area contributed by atoms with Crippen molar-refractivity contribution in [1.82, 2.24) is 9.80 Å². The van der Waals surface area contributed by atoms with E-state index in [1.165, 1.54) is 0 Å². The van der Waals surface area contributed by atoms with Crippen molar-refractivity contribution in [3.05, 3.63) is 34.9 Å². The molecule has 1 saturated heterocycles. The molecule has 1 aliphatic carbocycles. The maximum absolute atomic E-state index is 12.6. The van der Waals surface area contributed by atoms with Gasteiger partial charge in [0.05, 0.1) is 12.3 Å². The normalized spacial score (nSPS) is 23.1. The number of amides is 2. The first-order chi connectivity index (χ1) is 12.5. The Morgan fingerprint density at radius 1 is 1.00 bits per heavy atom. The second-order valence-electron chi connectivity index (χ2n) is 7.02. The van der Waals surface area contributed by atoms with E-state index in [4.69, 9.17) is 16.7 Å². The Morgan fingerprint density at radius 2 is 1.62 bits per heavy atom. The van der Waals surface area contributed by atoms with Gasteiger partial charge in [-0.2, -0.15) is 0 Å². The summed E-state index contributed by atoms with van der Waals surface area (Å²) in [5.74, 6) is -1.36. The van der Waals surface area contributed by atoms with E-state index in [9.17, 15) is 14.4 Å². The van der Waals surface area contributed by atoms with Gasteiger partial charge in [0.2, 0.25) is 11.8 Å². The molecule has 140 valence electrons. The monoisotopic (exact) mass is 378 g/mol. The number of carbonyl (C=O) groups excluding carboxylic acids is 2. The van der Waals surface area contributed by atoms with Crippen LogP contribution in [-0.4, -0.2) is 58.9 Å². The molecule has 3 rings (SSSR count). The van der Waals surface area contributed by atoms with Gasteiger partial charge in [0.15, 0.2) is 0 Å². The largest absolute Gasteiger partial charge is 0.481 e. The molecule has 1 heterocycles. The molecule has 2 aliphatic rings. The van der Waals surface area contributed by atoms with Crippen molar-refractivity contribution in [3.8, 4) is 0 Å². The van der Waals surface area contributed by atoms with Crippen LogP contribution in [0.25, 0.3) is 0 Å². The van der Waals surface area contributed by atoms with E-state index in [1.807, 2.05) is 18.2 Å². The minimum Gasteiger partial charge on any atom is -0.481 e. The Hall–Kier alpha value is -2.08. The summed E-state index contributed by atoms with van der Waals surface area (Å²) in [7, 11) is 0. The molecule has 26 heavy (non-hydrogen) atoms. The predicted octanol–water partition coefficient (Wildman–Crippen LogP) is 2.05. The lowest BCUT2D eigenvalue weighted by molar-refractivity contribution is -0.143. The van der Waals surface area contributed by atoms with E-state index in [1.54, 1.807) is 15.9 Å². The van der Waals surface area contributed by atoms with Gasteiger partial charge in [-0.25, -0.2) is 0 Å². The fourth-order valence-corrected chi connectivity index (χ4v) is 3.98. The molecule has 2 amide bonds. The third-order valence-electron chi connectivity index (χ3n) is 5.37. The molecular weight excluding hydrogens is 356 g/mol. The quantitative estimate of drug-likeness (QED) is 0.869. The summed E-state index contributed by atoms with van der Waals surface area (Å²) in [5, 5.41) is 9.67. The number of benzene rings is 1. The van der Waals surface area contributed by atoms with E-state index in [0.717, 1.165) is 5.56 Å². The molecule has 1 saturated carbocycles. The van der Waals surface area contributed by atoms with Crippen molar-refractivity contribution >= 4 is 29.4 Å². The van der Waals surface area contributed by atoms with E-state index < -0.39 is 11.9 Å². The number of nitrogens with zero attached hydrogens (tertiary/aromatic N) is 2. The molecule has 1 aromatic rings. The second kappa shape index (κ2) is 8.08. The van der Waals surface area contributed by atoms with Gasteiger partial charge in [-0.05, 0) is 30.9 Å². The van der Waals surface area contributed by atoms with E-state index in [2.05, 4.69) is 0 Å². The van der Waals surface area contributed by atoms with Crippen molar-refractivity contribution in [2.45, 2.75) is 25.7 Å². The third kappa shape index (κ3) is 4.18. The highest BCUT2D eigenvalue weighted by atomic mass is 35.5. The van der Waals surface area contributed by atoms with Crippen LogP contribution < -0.4 is 0 Å². The number of hydrogen-bond acceptors (Lipinski definition) is 3. The summed E-state index contributed by atoms with van der Waals surface area (Å²) in [6.07, 6.45) is 1.90. The SMILES string of the molecule is O=C(O)[C@@H]1CC[C@H](C(=O)N2CCN(C(=O)Cc3ccccc3Cl)CC2)C1. The van der Waals surface area contributed by atoms with Gasteiger partial charge in [-0.3, -0.25) is 14.4 Å². The highest BCUT2D eigenvalue weighted by molar-refractivity contribution is 6.31. The van der Waals surface area contributed by atoms with Crippen LogP contribution >= 0.6 is 11.6 Å². The van der Waals surface area contributed by atoms with Crippen LogP contribution in [-0.2, 0) is 20.8 Å². The summed E-state index contributed by atoms with van der Waals surface area (Å²) in [6, 6.07) is 7.31. The maximum Gasteiger partial charge on any atom is 0.306 e. The van der Waals surface area contributed by atoms with Crippen molar-refractivity contribution < 1.29 is 19.5 Å². The second-order valence-corrected chi connectivity index (χ2v) is 7.43. The molecule has 1 N–H and O–H groups in total. The molecule has 1 aromatic carbocycles. The first-order valence-electron chi connectivity index (χ1n) is 8.98. The number of rotatable bonds is 4. The van der Waals surface area contributed by atoms with Crippen LogP contribution in [0.15, 0.2) is 24.3 Å². The van der Waals surface area contributed by atoms with Gasteiger partial charge >= 0.3 is 5.97 Å². The molecule has 2 fully saturated rings. The minimum absolute atomic E-state index is 0.0111. The van der Waals surface area contributed by atoms with E-state index in [-0.39, 0.29) is 24.2 Å². The van der Waals surface area contributed by atoms with Crippen LogP contribution in [0.4, 0.5) is 0 Å². The number of piperazine rings is 1. The van der Waals surface area contributed by atoms with Crippen LogP contribution in [0.1, 0.15) is 24.8 Å². The van der Waals surface area contributed by atoms with E-state index >= 15 is 0 Å². The Balaban J connectivity index is 1.49. The van der Waals surface area contributed by atoms with Crippen molar-refractivity contribution in [2.75, 3.05) is 26.2 Å².